The Bertz CT molecular complexity index is 1530. The minimum atomic E-state index is -1.21. The first-order chi connectivity index (χ1) is 19.3. The van der Waals surface area contributed by atoms with Gasteiger partial charge in [-0.2, -0.15) is 0 Å². The van der Waals surface area contributed by atoms with Gasteiger partial charge in [0.15, 0.2) is 11.5 Å². The molecule has 0 aliphatic heterocycles. The van der Waals surface area contributed by atoms with Crippen LogP contribution in [-0.4, -0.2) is 55.5 Å². The molecule has 10 heteroatoms. The number of carboxylic acids is 1. The van der Waals surface area contributed by atoms with Crippen molar-refractivity contribution in [1.29, 1.82) is 0 Å². The lowest BCUT2D eigenvalue weighted by molar-refractivity contribution is -0.116. The van der Waals surface area contributed by atoms with Gasteiger partial charge < -0.3 is 33.9 Å². The van der Waals surface area contributed by atoms with Crippen LogP contribution in [0.15, 0.2) is 60.8 Å². The number of hydrogen-bond acceptors (Lipinski definition) is 7. The first-order valence-electron chi connectivity index (χ1n) is 12.6. The SMILES string of the molecule is CCOC(=O)c1c(NC(=O)CCc2cc(OC)c(OC)c(OC)c2)ccc2c1c(C(=O)O)cn2-c1ccccc1. The third kappa shape index (κ3) is 5.56. The molecule has 0 saturated heterocycles. The number of amides is 1. The van der Waals surface area contributed by atoms with Crippen LogP contribution >= 0.6 is 0 Å². The topological polar surface area (TPSA) is 125 Å². The van der Waals surface area contributed by atoms with Crippen molar-refractivity contribution >= 4 is 34.4 Å². The molecular weight excluding hydrogens is 516 g/mol. The van der Waals surface area contributed by atoms with Crippen LogP contribution in [0.25, 0.3) is 16.6 Å². The second kappa shape index (κ2) is 12.2. The minimum absolute atomic E-state index is 0.0208. The molecular formula is C30H30N2O8. The maximum atomic E-state index is 13.1. The summed E-state index contributed by atoms with van der Waals surface area (Å²) in [4.78, 5) is 38.5. The van der Waals surface area contributed by atoms with E-state index in [0.29, 0.717) is 29.2 Å². The lowest BCUT2D eigenvalue weighted by atomic mass is 10.0. The number of aromatic carboxylic acids is 1. The van der Waals surface area contributed by atoms with Gasteiger partial charge in [0.05, 0.1) is 50.3 Å². The molecule has 40 heavy (non-hydrogen) atoms. The molecule has 0 saturated carbocycles. The first kappa shape index (κ1) is 28.0. The molecule has 0 aliphatic rings. The van der Waals surface area contributed by atoms with Gasteiger partial charge in [0.2, 0.25) is 11.7 Å². The Hall–Kier alpha value is -4.99. The van der Waals surface area contributed by atoms with Crippen LogP contribution in [0.5, 0.6) is 17.2 Å². The third-order valence-corrected chi connectivity index (χ3v) is 6.35. The molecule has 4 rings (SSSR count). The summed E-state index contributed by atoms with van der Waals surface area (Å²) in [5, 5.41) is 13.0. The Kier molecular flexibility index (Phi) is 8.58. The zero-order chi connectivity index (χ0) is 28.8. The maximum absolute atomic E-state index is 13.1. The number of rotatable bonds is 11. The number of fused-ring (bicyclic) bond motifs is 1. The monoisotopic (exact) mass is 546 g/mol. The number of esters is 1. The van der Waals surface area contributed by atoms with Crippen LogP contribution in [0, 0.1) is 0 Å². The van der Waals surface area contributed by atoms with Crippen molar-refractivity contribution in [3.63, 3.8) is 0 Å². The van der Waals surface area contributed by atoms with Crippen LogP contribution < -0.4 is 19.5 Å². The van der Waals surface area contributed by atoms with Crippen molar-refractivity contribution in [2.45, 2.75) is 19.8 Å². The number of aromatic nitrogens is 1. The van der Waals surface area contributed by atoms with Crippen molar-refractivity contribution in [2.75, 3.05) is 33.3 Å². The Morgan fingerprint density at radius 3 is 2.17 bits per heavy atom. The lowest BCUT2D eigenvalue weighted by Gasteiger charge is -2.15. The summed E-state index contributed by atoms with van der Waals surface area (Å²) in [5.41, 5.74) is 2.04. The van der Waals surface area contributed by atoms with E-state index in [9.17, 15) is 19.5 Å². The van der Waals surface area contributed by atoms with E-state index in [-0.39, 0.29) is 41.1 Å². The minimum Gasteiger partial charge on any atom is -0.493 e. The van der Waals surface area contributed by atoms with E-state index < -0.39 is 11.9 Å². The van der Waals surface area contributed by atoms with Crippen LogP contribution in [0.1, 0.15) is 39.6 Å². The lowest BCUT2D eigenvalue weighted by Crippen LogP contribution is -2.17. The molecule has 0 atom stereocenters. The number of anilines is 1. The number of carboxylic acid groups (broad SMARTS) is 1. The summed E-state index contributed by atoms with van der Waals surface area (Å²) in [5.74, 6) is -0.939. The molecule has 0 aliphatic carbocycles. The molecule has 10 nitrogen and oxygen atoms in total. The standard InChI is InChI=1S/C30H30N2O8/c1-5-40-30(36)27-21(31-25(33)14-11-18-15-23(37-2)28(39-4)24(16-18)38-3)12-13-22-26(27)20(29(34)35)17-32(22)19-9-7-6-8-10-19/h6-10,12-13,15-17H,5,11,14H2,1-4H3,(H,31,33)(H,34,35). The number of nitrogens with one attached hydrogen (secondary N) is 1. The molecule has 0 spiro atoms. The largest absolute Gasteiger partial charge is 0.493 e. The molecule has 1 heterocycles. The number of para-hydroxylation sites is 1. The molecule has 1 amide bonds. The van der Waals surface area contributed by atoms with Gasteiger partial charge in [-0.05, 0) is 55.3 Å². The summed E-state index contributed by atoms with van der Waals surface area (Å²) in [6.07, 6.45) is 1.86. The average molecular weight is 547 g/mol. The van der Waals surface area contributed by atoms with Crippen molar-refractivity contribution in [3.05, 3.63) is 77.5 Å². The number of nitrogens with zero attached hydrogens (tertiary/aromatic N) is 1. The molecule has 4 aromatic rings. The second-order valence-corrected chi connectivity index (χ2v) is 8.74. The van der Waals surface area contributed by atoms with Crippen LogP contribution in [0.4, 0.5) is 5.69 Å². The predicted octanol–water partition coefficient (Wildman–Crippen LogP) is 5.10. The highest BCUT2D eigenvalue weighted by molar-refractivity contribution is 6.17. The van der Waals surface area contributed by atoms with Gasteiger partial charge >= 0.3 is 11.9 Å². The predicted molar refractivity (Wildman–Crippen MR) is 149 cm³/mol. The van der Waals surface area contributed by atoms with Gasteiger partial charge in [-0.1, -0.05) is 18.2 Å². The molecule has 2 N–H and O–H groups in total. The number of benzene rings is 3. The number of hydrogen-bond donors (Lipinski definition) is 2. The van der Waals surface area contributed by atoms with Crippen molar-refractivity contribution < 1.29 is 38.4 Å². The maximum Gasteiger partial charge on any atom is 0.340 e. The Balaban J connectivity index is 1.70. The number of carbonyl (C=O) groups excluding carboxylic acids is 2. The van der Waals surface area contributed by atoms with E-state index in [1.807, 2.05) is 30.3 Å². The van der Waals surface area contributed by atoms with E-state index in [1.54, 1.807) is 35.8 Å². The van der Waals surface area contributed by atoms with Gasteiger partial charge in [0.25, 0.3) is 0 Å². The van der Waals surface area contributed by atoms with Crippen LogP contribution in [0.3, 0.4) is 0 Å². The van der Waals surface area contributed by atoms with E-state index in [2.05, 4.69) is 5.32 Å². The highest BCUT2D eigenvalue weighted by Gasteiger charge is 2.26. The molecule has 0 radical (unpaired) electrons. The zero-order valence-corrected chi connectivity index (χ0v) is 22.6. The number of methoxy groups -OCH3 is 3. The normalized spacial score (nSPS) is 10.7. The summed E-state index contributed by atoms with van der Waals surface area (Å²) < 4.78 is 23.1. The Labute approximate surface area is 231 Å². The molecule has 0 unspecified atom stereocenters. The first-order valence-corrected chi connectivity index (χ1v) is 12.6. The van der Waals surface area contributed by atoms with Crippen LogP contribution in [-0.2, 0) is 16.0 Å². The van der Waals surface area contributed by atoms with E-state index in [1.165, 1.54) is 27.5 Å². The highest BCUT2D eigenvalue weighted by atomic mass is 16.5. The van der Waals surface area contributed by atoms with Gasteiger partial charge in [0.1, 0.15) is 0 Å². The highest BCUT2D eigenvalue weighted by Crippen LogP contribution is 2.38. The van der Waals surface area contributed by atoms with Crippen molar-refractivity contribution in [3.8, 4) is 22.9 Å². The zero-order valence-electron chi connectivity index (χ0n) is 22.6. The van der Waals surface area contributed by atoms with Gasteiger partial charge in [-0.25, -0.2) is 9.59 Å². The van der Waals surface area contributed by atoms with Gasteiger partial charge in [-0.3, -0.25) is 4.79 Å². The summed E-state index contributed by atoms with van der Waals surface area (Å²) in [6.45, 7) is 1.73. The summed E-state index contributed by atoms with van der Waals surface area (Å²) >= 11 is 0. The molecule has 3 aromatic carbocycles. The van der Waals surface area contributed by atoms with Crippen LogP contribution in [0.2, 0.25) is 0 Å². The van der Waals surface area contributed by atoms with Crippen molar-refractivity contribution in [2.24, 2.45) is 0 Å². The number of ether oxygens (including phenoxy) is 4. The van der Waals surface area contributed by atoms with E-state index >= 15 is 0 Å². The fraction of sp³-hybridized carbons (Fsp3) is 0.233. The molecule has 208 valence electrons. The second-order valence-electron chi connectivity index (χ2n) is 8.74. The Morgan fingerprint density at radius 2 is 1.60 bits per heavy atom. The summed E-state index contributed by atoms with van der Waals surface area (Å²) in [7, 11) is 4.53. The third-order valence-electron chi connectivity index (χ3n) is 6.35. The molecule has 0 bridgehead atoms. The summed E-state index contributed by atoms with van der Waals surface area (Å²) in [6, 6.07) is 15.9. The smallest absolute Gasteiger partial charge is 0.340 e. The fourth-order valence-corrected chi connectivity index (χ4v) is 4.56. The fourth-order valence-electron chi connectivity index (χ4n) is 4.56. The van der Waals surface area contributed by atoms with Gasteiger partial charge in [0, 0.05) is 23.7 Å². The Morgan fingerprint density at radius 1 is 0.925 bits per heavy atom. The van der Waals surface area contributed by atoms with E-state index in [0.717, 1.165) is 11.3 Å². The number of aryl methyl sites for hydroxylation is 1. The molecule has 1 aromatic heterocycles. The molecule has 0 fully saturated rings. The average Bonchev–Trinajstić information content (AvgIpc) is 3.36. The number of carbonyl (C=O) groups is 3. The quantitative estimate of drug-likeness (QED) is 0.249. The van der Waals surface area contributed by atoms with Crippen molar-refractivity contribution in [1.82, 2.24) is 4.57 Å². The van der Waals surface area contributed by atoms with E-state index in [4.69, 9.17) is 18.9 Å². The van der Waals surface area contributed by atoms with Gasteiger partial charge in [-0.15, -0.1) is 0 Å².